The molecule has 1 aromatic carbocycles. The molecule has 0 radical (unpaired) electrons. The van der Waals surface area contributed by atoms with Crippen LogP contribution in [0.3, 0.4) is 0 Å². The Kier molecular flexibility index (Phi) is 4.56. The maximum atomic E-state index is 14.0. The summed E-state index contributed by atoms with van der Waals surface area (Å²) in [5.74, 6) is 0.320. The number of hydrogen-bond acceptors (Lipinski definition) is 6. The van der Waals surface area contributed by atoms with Crippen molar-refractivity contribution in [3.63, 3.8) is 0 Å². The zero-order valence-corrected chi connectivity index (χ0v) is 15.7. The van der Waals surface area contributed by atoms with Crippen LogP contribution in [0.4, 0.5) is 9.18 Å². The fourth-order valence-corrected chi connectivity index (χ4v) is 3.63. The zero-order chi connectivity index (χ0) is 17.5. The van der Waals surface area contributed by atoms with Gasteiger partial charge in [0.2, 0.25) is 0 Å². The Morgan fingerprint density at radius 1 is 1.58 bits per heavy atom. The molecule has 0 saturated heterocycles. The first-order chi connectivity index (χ1) is 11.2. The fourth-order valence-electron chi connectivity index (χ4n) is 2.18. The third kappa shape index (κ3) is 3.72. The molecule has 1 aliphatic rings. The van der Waals surface area contributed by atoms with Crippen molar-refractivity contribution in [1.82, 2.24) is 10.3 Å². The van der Waals surface area contributed by atoms with Gasteiger partial charge in [-0.05, 0) is 36.7 Å². The second kappa shape index (κ2) is 6.36. The Bertz CT molecular complexity index is 790. The van der Waals surface area contributed by atoms with Crippen LogP contribution in [0, 0.1) is 5.82 Å². The summed E-state index contributed by atoms with van der Waals surface area (Å²) < 4.78 is 31.8. The number of carbonyl (C=O) groups excluding carboxylic acids is 1. The summed E-state index contributed by atoms with van der Waals surface area (Å²) in [6, 6.07) is 1.27. The van der Waals surface area contributed by atoms with Gasteiger partial charge in [-0.25, -0.2) is 14.2 Å². The van der Waals surface area contributed by atoms with Crippen molar-refractivity contribution in [2.24, 2.45) is 0 Å². The van der Waals surface area contributed by atoms with Crippen molar-refractivity contribution >= 4 is 43.6 Å². The van der Waals surface area contributed by atoms with Crippen molar-refractivity contribution in [2.45, 2.75) is 32.5 Å². The third-order valence-corrected chi connectivity index (χ3v) is 4.60. The number of benzene rings is 1. The van der Waals surface area contributed by atoms with Crippen LogP contribution in [0.15, 0.2) is 9.98 Å². The quantitative estimate of drug-likeness (QED) is 0.801. The molecule has 6 nitrogen and oxygen atoms in total. The van der Waals surface area contributed by atoms with Gasteiger partial charge in [0.25, 0.3) is 0 Å². The summed E-state index contributed by atoms with van der Waals surface area (Å²) >= 11 is 4.51. The Morgan fingerprint density at radius 2 is 2.33 bits per heavy atom. The lowest BCUT2D eigenvalue weighted by Gasteiger charge is -2.27. The molecule has 1 amide bonds. The first-order valence-electron chi connectivity index (χ1n) is 7.28. The highest BCUT2D eigenvalue weighted by Crippen LogP contribution is 2.43. The van der Waals surface area contributed by atoms with Crippen LogP contribution < -0.4 is 14.8 Å². The van der Waals surface area contributed by atoms with Crippen LogP contribution in [0.5, 0.6) is 11.5 Å². The number of alkyl carbamates (subject to hydrolysis) is 1. The van der Waals surface area contributed by atoms with E-state index in [4.69, 9.17) is 14.2 Å². The van der Waals surface area contributed by atoms with Crippen molar-refractivity contribution in [3.05, 3.63) is 15.8 Å². The highest BCUT2D eigenvalue weighted by atomic mass is 79.9. The average Bonchev–Trinajstić information content (AvgIpc) is 2.86. The Balaban J connectivity index is 1.72. The van der Waals surface area contributed by atoms with Crippen LogP contribution in [-0.2, 0) is 4.74 Å². The minimum Gasteiger partial charge on any atom is -0.486 e. The number of fused-ring (bicyclic) bond motifs is 3. The summed E-state index contributed by atoms with van der Waals surface area (Å²) in [6.07, 6.45) is -0.929. The van der Waals surface area contributed by atoms with E-state index in [1.165, 1.54) is 17.4 Å². The lowest BCUT2D eigenvalue weighted by atomic mass is 10.2. The summed E-state index contributed by atoms with van der Waals surface area (Å²) in [5, 5.41) is 2.64. The predicted octanol–water partition coefficient (Wildman–Crippen LogP) is 3.86. The van der Waals surface area contributed by atoms with Gasteiger partial charge in [-0.2, -0.15) is 0 Å². The van der Waals surface area contributed by atoms with Crippen LogP contribution in [0.1, 0.15) is 20.8 Å². The van der Waals surface area contributed by atoms with Crippen LogP contribution in [0.25, 0.3) is 10.2 Å². The molecule has 24 heavy (non-hydrogen) atoms. The molecule has 3 rings (SSSR count). The highest BCUT2D eigenvalue weighted by molar-refractivity contribution is 9.11. The minimum absolute atomic E-state index is 0.202. The normalized spacial score (nSPS) is 17.0. The van der Waals surface area contributed by atoms with Crippen LogP contribution in [-0.4, -0.2) is 35.9 Å². The summed E-state index contributed by atoms with van der Waals surface area (Å²) in [7, 11) is 0. The molecule has 1 aliphatic heterocycles. The van der Waals surface area contributed by atoms with Gasteiger partial charge in [0.05, 0.1) is 6.54 Å². The molecule has 0 aliphatic carbocycles. The van der Waals surface area contributed by atoms with Gasteiger partial charge in [0.15, 0.2) is 27.3 Å². The minimum atomic E-state index is -0.570. The van der Waals surface area contributed by atoms with Crippen molar-refractivity contribution < 1.29 is 23.4 Å². The van der Waals surface area contributed by atoms with E-state index < -0.39 is 23.6 Å². The first-order valence-corrected chi connectivity index (χ1v) is 8.89. The van der Waals surface area contributed by atoms with Gasteiger partial charge >= 0.3 is 6.09 Å². The lowest BCUT2D eigenvalue weighted by Crippen LogP contribution is -2.42. The van der Waals surface area contributed by atoms with Crippen LogP contribution in [0.2, 0.25) is 0 Å². The van der Waals surface area contributed by atoms with E-state index in [9.17, 15) is 9.18 Å². The summed E-state index contributed by atoms with van der Waals surface area (Å²) in [5.41, 5.74) is -0.339. The van der Waals surface area contributed by atoms with Crippen molar-refractivity contribution in [1.29, 1.82) is 0 Å². The molecule has 1 unspecified atom stereocenters. The van der Waals surface area contributed by atoms with E-state index in [0.29, 0.717) is 20.1 Å². The Hall–Kier alpha value is -1.61. The number of aromatic nitrogens is 1. The molecule has 1 aromatic heterocycles. The molecule has 0 spiro atoms. The lowest BCUT2D eigenvalue weighted by molar-refractivity contribution is 0.0455. The maximum absolute atomic E-state index is 14.0. The highest BCUT2D eigenvalue weighted by Gasteiger charge is 2.27. The number of halogens is 2. The standard InChI is InChI=1S/C15H16BrFN2O4S/c1-15(2,3)23-14(20)18-5-7-6-21-9-4-8(17)10-12(11(9)22-7)24-13(16)19-10/h4,7H,5-6H2,1-3H3,(H,18,20). The van der Waals surface area contributed by atoms with Gasteiger partial charge in [-0.3, -0.25) is 0 Å². The van der Waals surface area contributed by atoms with Gasteiger partial charge in [0.1, 0.15) is 22.4 Å². The van der Waals surface area contributed by atoms with Crippen LogP contribution >= 0.6 is 27.3 Å². The molecular weight excluding hydrogens is 403 g/mol. The van der Waals surface area contributed by atoms with Gasteiger partial charge in [-0.1, -0.05) is 0 Å². The van der Waals surface area contributed by atoms with Crippen molar-refractivity contribution in [2.75, 3.05) is 13.2 Å². The maximum Gasteiger partial charge on any atom is 0.407 e. The molecule has 1 atom stereocenters. The van der Waals surface area contributed by atoms with E-state index in [1.807, 2.05) is 0 Å². The molecule has 1 N–H and O–H groups in total. The monoisotopic (exact) mass is 418 g/mol. The Morgan fingerprint density at radius 3 is 3.04 bits per heavy atom. The molecule has 2 aromatic rings. The number of ether oxygens (including phenoxy) is 3. The topological polar surface area (TPSA) is 69.7 Å². The molecular formula is C15H16BrFN2O4S. The van der Waals surface area contributed by atoms with Gasteiger partial charge in [-0.15, -0.1) is 11.3 Å². The molecule has 0 fully saturated rings. The van der Waals surface area contributed by atoms with E-state index >= 15 is 0 Å². The largest absolute Gasteiger partial charge is 0.486 e. The number of amides is 1. The summed E-state index contributed by atoms with van der Waals surface area (Å²) in [4.78, 5) is 15.8. The molecule has 0 saturated carbocycles. The molecule has 0 bridgehead atoms. The number of hydrogen-bond donors (Lipinski definition) is 1. The second-order valence-electron chi connectivity index (χ2n) is 6.26. The number of carbonyl (C=O) groups is 1. The summed E-state index contributed by atoms with van der Waals surface area (Å²) in [6.45, 7) is 5.78. The van der Waals surface area contributed by atoms with Gasteiger partial charge in [0, 0.05) is 6.07 Å². The first kappa shape index (κ1) is 17.2. The average molecular weight is 419 g/mol. The van der Waals surface area contributed by atoms with E-state index in [2.05, 4.69) is 26.2 Å². The smallest absolute Gasteiger partial charge is 0.407 e. The fraction of sp³-hybridized carbons (Fsp3) is 0.467. The number of thiazole rings is 1. The van der Waals surface area contributed by atoms with E-state index in [1.54, 1.807) is 20.8 Å². The van der Waals surface area contributed by atoms with Gasteiger partial charge < -0.3 is 19.5 Å². The SMILES string of the molecule is CC(C)(C)OC(=O)NCC1COc2cc(F)c3nc(Br)sc3c2O1. The molecule has 2 heterocycles. The predicted molar refractivity (Wildman–Crippen MR) is 91.4 cm³/mol. The van der Waals surface area contributed by atoms with Crippen molar-refractivity contribution in [3.8, 4) is 11.5 Å². The zero-order valence-electron chi connectivity index (χ0n) is 13.3. The molecule has 130 valence electrons. The number of rotatable bonds is 2. The second-order valence-corrected chi connectivity index (χ2v) is 8.54. The van der Waals surface area contributed by atoms with E-state index in [0.717, 1.165) is 0 Å². The van der Waals surface area contributed by atoms with E-state index in [-0.39, 0.29) is 18.7 Å². The number of nitrogens with one attached hydrogen (secondary N) is 1. The number of nitrogens with zero attached hydrogens (tertiary/aromatic N) is 1. The Labute approximate surface area is 150 Å². The third-order valence-electron chi connectivity index (χ3n) is 3.10. The molecule has 9 heteroatoms.